The molecule has 14 nitrogen and oxygen atoms in total. The van der Waals surface area contributed by atoms with E-state index in [0.717, 1.165) is 0 Å². The molecule has 210 valence electrons. The number of rotatable bonds is 16. The molecular formula is C24H35N5O9. The van der Waals surface area contributed by atoms with Crippen LogP contribution in [0.3, 0.4) is 0 Å². The third kappa shape index (κ3) is 10.8. The summed E-state index contributed by atoms with van der Waals surface area (Å²) in [4.78, 5) is 72.6. The molecular weight excluding hydrogens is 502 g/mol. The van der Waals surface area contributed by atoms with Crippen LogP contribution in [0.5, 0.6) is 5.75 Å². The lowest BCUT2D eigenvalue weighted by Gasteiger charge is -2.25. The normalized spacial score (nSPS) is 14.7. The van der Waals surface area contributed by atoms with Crippen molar-refractivity contribution in [1.29, 1.82) is 0 Å². The molecule has 1 aromatic carbocycles. The molecule has 38 heavy (non-hydrogen) atoms. The van der Waals surface area contributed by atoms with Crippen molar-refractivity contribution in [3.8, 4) is 5.75 Å². The number of carbonyl (C=O) groups is 6. The number of nitrogens with two attached hydrogens (primary N) is 2. The van der Waals surface area contributed by atoms with Gasteiger partial charge in [0.1, 0.15) is 23.9 Å². The van der Waals surface area contributed by atoms with Crippen molar-refractivity contribution < 1.29 is 44.1 Å². The van der Waals surface area contributed by atoms with Gasteiger partial charge in [-0.1, -0.05) is 32.4 Å². The Hall–Kier alpha value is -4.20. The fourth-order valence-electron chi connectivity index (χ4n) is 3.34. The fraction of sp³-hybridized carbons (Fsp3) is 0.500. The number of phenols is 1. The van der Waals surface area contributed by atoms with Crippen LogP contribution in [0.1, 0.15) is 45.1 Å². The van der Waals surface area contributed by atoms with Crippen LogP contribution in [0, 0.1) is 5.92 Å². The van der Waals surface area contributed by atoms with Gasteiger partial charge in [-0.15, -0.1) is 0 Å². The summed E-state index contributed by atoms with van der Waals surface area (Å²) >= 11 is 0. The van der Waals surface area contributed by atoms with Gasteiger partial charge in [0.05, 0.1) is 12.5 Å². The first-order valence-electron chi connectivity index (χ1n) is 11.9. The standard InChI is InChI=1S/C24H35N5O9/c1-3-12(2)20(26)23(36)29-17(11-18(25)31)22(35)28-16(10-13-4-6-14(30)7-5-13)21(34)27-15(24(37)38)8-9-19(32)33/h4-7,12,15-17,20,30H,3,8-11,26H2,1-2H3,(H2,25,31)(H,27,34)(H,28,35)(H,29,36)(H,32,33)(H,37,38). The van der Waals surface area contributed by atoms with Crippen LogP contribution in [0.2, 0.25) is 0 Å². The Labute approximate surface area is 219 Å². The number of nitrogens with one attached hydrogen (secondary N) is 3. The van der Waals surface area contributed by atoms with E-state index in [9.17, 15) is 39.0 Å². The monoisotopic (exact) mass is 537 g/mol. The number of hydrogen-bond donors (Lipinski definition) is 8. The molecule has 0 aliphatic heterocycles. The Balaban J connectivity index is 3.19. The van der Waals surface area contributed by atoms with Crippen molar-refractivity contribution in [3.05, 3.63) is 29.8 Å². The van der Waals surface area contributed by atoms with E-state index in [0.29, 0.717) is 12.0 Å². The van der Waals surface area contributed by atoms with Crippen LogP contribution in [-0.2, 0) is 35.2 Å². The summed E-state index contributed by atoms with van der Waals surface area (Å²) in [7, 11) is 0. The second-order valence-corrected chi connectivity index (χ2v) is 8.91. The molecule has 0 saturated carbocycles. The highest BCUT2D eigenvalue weighted by molar-refractivity contribution is 5.96. The van der Waals surface area contributed by atoms with Gasteiger partial charge in [-0.25, -0.2) is 4.79 Å². The molecule has 0 aromatic heterocycles. The number of carboxylic acids is 2. The van der Waals surface area contributed by atoms with E-state index in [1.54, 1.807) is 6.92 Å². The quantitative estimate of drug-likeness (QED) is 0.122. The summed E-state index contributed by atoms with van der Waals surface area (Å²) in [5.74, 6) is -6.57. The van der Waals surface area contributed by atoms with Crippen molar-refractivity contribution in [2.45, 2.75) is 70.1 Å². The van der Waals surface area contributed by atoms with Gasteiger partial charge in [0.15, 0.2) is 0 Å². The minimum absolute atomic E-state index is 0.0553. The molecule has 14 heteroatoms. The number of phenolic OH excluding ortho intramolecular Hbond substituents is 1. The van der Waals surface area contributed by atoms with E-state index in [-0.39, 0.29) is 18.1 Å². The minimum atomic E-state index is -1.56. The van der Waals surface area contributed by atoms with Crippen molar-refractivity contribution in [3.63, 3.8) is 0 Å². The highest BCUT2D eigenvalue weighted by Gasteiger charge is 2.32. The van der Waals surface area contributed by atoms with Gasteiger partial charge in [0.25, 0.3) is 0 Å². The molecule has 0 aliphatic rings. The summed E-state index contributed by atoms with van der Waals surface area (Å²) in [6, 6.07) is 0.180. The number of carboxylic acid groups (broad SMARTS) is 2. The molecule has 5 unspecified atom stereocenters. The van der Waals surface area contributed by atoms with Crippen LogP contribution in [-0.4, -0.2) is 75.1 Å². The molecule has 0 heterocycles. The van der Waals surface area contributed by atoms with E-state index in [2.05, 4.69) is 16.0 Å². The summed E-state index contributed by atoms with van der Waals surface area (Å²) in [6.45, 7) is 3.55. The van der Waals surface area contributed by atoms with Crippen LogP contribution < -0.4 is 27.4 Å². The second-order valence-electron chi connectivity index (χ2n) is 8.91. The third-order valence-electron chi connectivity index (χ3n) is 5.87. The van der Waals surface area contributed by atoms with Gasteiger partial charge in [-0.05, 0) is 30.0 Å². The summed E-state index contributed by atoms with van der Waals surface area (Å²) in [5.41, 5.74) is 11.6. The molecule has 4 amide bonds. The summed E-state index contributed by atoms with van der Waals surface area (Å²) in [6.07, 6.45) is -1.15. The maximum atomic E-state index is 13.1. The number of amides is 4. The highest BCUT2D eigenvalue weighted by atomic mass is 16.4. The van der Waals surface area contributed by atoms with Crippen LogP contribution in [0.4, 0.5) is 0 Å². The number of aromatic hydroxyl groups is 1. The number of benzene rings is 1. The predicted molar refractivity (Wildman–Crippen MR) is 133 cm³/mol. The average Bonchev–Trinajstić information content (AvgIpc) is 2.85. The molecule has 5 atom stereocenters. The largest absolute Gasteiger partial charge is 0.508 e. The Morgan fingerprint density at radius 1 is 0.868 bits per heavy atom. The molecule has 0 radical (unpaired) electrons. The number of carbonyl (C=O) groups excluding carboxylic acids is 4. The van der Waals surface area contributed by atoms with Crippen LogP contribution in [0.25, 0.3) is 0 Å². The van der Waals surface area contributed by atoms with E-state index >= 15 is 0 Å². The lowest BCUT2D eigenvalue weighted by atomic mass is 9.98. The lowest BCUT2D eigenvalue weighted by molar-refractivity contribution is -0.143. The van der Waals surface area contributed by atoms with Gasteiger partial charge in [0.2, 0.25) is 23.6 Å². The smallest absolute Gasteiger partial charge is 0.326 e. The zero-order valence-electron chi connectivity index (χ0n) is 21.2. The van der Waals surface area contributed by atoms with Gasteiger partial charge in [-0.3, -0.25) is 24.0 Å². The SMILES string of the molecule is CCC(C)C(N)C(=O)NC(CC(N)=O)C(=O)NC(Cc1ccc(O)cc1)C(=O)NC(CCC(=O)O)C(=O)O. The number of primary amides is 1. The summed E-state index contributed by atoms with van der Waals surface area (Å²) < 4.78 is 0. The number of hydrogen-bond acceptors (Lipinski definition) is 8. The molecule has 0 saturated heterocycles. The van der Waals surface area contributed by atoms with Crippen molar-refractivity contribution in [1.82, 2.24) is 16.0 Å². The lowest BCUT2D eigenvalue weighted by Crippen LogP contribution is -2.58. The highest BCUT2D eigenvalue weighted by Crippen LogP contribution is 2.12. The molecule has 0 fully saturated rings. The Morgan fingerprint density at radius 3 is 1.89 bits per heavy atom. The van der Waals surface area contributed by atoms with Gasteiger partial charge in [0, 0.05) is 12.8 Å². The van der Waals surface area contributed by atoms with E-state index < -0.39 is 79.0 Å². The molecule has 0 bridgehead atoms. The Morgan fingerprint density at radius 2 is 1.39 bits per heavy atom. The molecule has 0 aliphatic carbocycles. The van der Waals surface area contributed by atoms with E-state index in [4.69, 9.17) is 16.6 Å². The summed E-state index contributed by atoms with van der Waals surface area (Å²) in [5, 5.41) is 34.7. The first-order valence-corrected chi connectivity index (χ1v) is 11.9. The minimum Gasteiger partial charge on any atom is -0.508 e. The Bertz CT molecular complexity index is 1020. The maximum Gasteiger partial charge on any atom is 0.326 e. The predicted octanol–water partition coefficient (Wildman–Crippen LogP) is -1.41. The second kappa shape index (κ2) is 15.1. The van der Waals surface area contributed by atoms with Crippen LogP contribution >= 0.6 is 0 Å². The molecule has 0 spiro atoms. The van der Waals surface area contributed by atoms with Crippen molar-refractivity contribution in [2.24, 2.45) is 17.4 Å². The van der Waals surface area contributed by atoms with E-state index in [1.807, 2.05) is 6.92 Å². The first-order chi connectivity index (χ1) is 17.7. The maximum absolute atomic E-state index is 13.1. The molecule has 10 N–H and O–H groups in total. The molecule has 1 aromatic rings. The van der Waals surface area contributed by atoms with Crippen molar-refractivity contribution >= 4 is 35.6 Å². The van der Waals surface area contributed by atoms with E-state index in [1.165, 1.54) is 24.3 Å². The van der Waals surface area contributed by atoms with Gasteiger partial charge >= 0.3 is 11.9 Å². The number of aliphatic carboxylic acids is 2. The van der Waals surface area contributed by atoms with Gasteiger partial charge in [-0.2, -0.15) is 0 Å². The van der Waals surface area contributed by atoms with Crippen LogP contribution in [0.15, 0.2) is 24.3 Å². The zero-order chi connectivity index (χ0) is 29.0. The van der Waals surface area contributed by atoms with Gasteiger partial charge < -0.3 is 42.7 Å². The zero-order valence-corrected chi connectivity index (χ0v) is 21.2. The Kier molecular flexibility index (Phi) is 12.7. The third-order valence-corrected chi connectivity index (χ3v) is 5.87. The first kappa shape index (κ1) is 31.8. The topological polar surface area (TPSA) is 251 Å². The van der Waals surface area contributed by atoms with Crippen molar-refractivity contribution in [2.75, 3.05) is 0 Å². The molecule has 1 rings (SSSR count). The average molecular weight is 538 g/mol. The fourth-order valence-corrected chi connectivity index (χ4v) is 3.34.